The first-order chi connectivity index (χ1) is 9.92. The Kier molecular flexibility index (Phi) is 7.26. The third-order valence-corrected chi connectivity index (χ3v) is 6.25. The highest BCUT2D eigenvalue weighted by Crippen LogP contribution is 2.22. The van der Waals surface area contributed by atoms with Crippen LogP contribution in [0.15, 0.2) is 17.2 Å². The number of nitrogens with zero attached hydrogens (tertiary/aromatic N) is 2. The Bertz CT molecular complexity index is 540. The van der Waals surface area contributed by atoms with E-state index >= 15 is 0 Å². The van der Waals surface area contributed by atoms with Crippen LogP contribution in [0.2, 0.25) is 0 Å². The van der Waals surface area contributed by atoms with Gasteiger partial charge in [0, 0.05) is 43.8 Å². The zero-order valence-electron chi connectivity index (χ0n) is 13.4. The first kappa shape index (κ1) is 18.5. The number of aromatic nitrogens is 1. The van der Waals surface area contributed by atoms with E-state index in [0.717, 1.165) is 30.8 Å². The second-order valence-electron chi connectivity index (χ2n) is 5.10. The molecule has 0 spiro atoms. The van der Waals surface area contributed by atoms with E-state index in [1.165, 1.54) is 4.31 Å². The van der Waals surface area contributed by atoms with Gasteiger partial charge in [0.05, 0.1) is 0 Å². The predicted molar refractivity (Wildman–Crippen MR) is 90.0 cm³/mol. The second-order valence-corrected chi connectivity index (χ2v) is 8.01. The molecule has 7 heteroatoms. The van der Waals surface area contributed by atoms with Gasteiger partial charge in [0.25, 0.3) is 0 Å². The predicted octanol–water partition coefficient (Wildman–Crippen LogP) is 2.12. The van der Waals surface area contributed by atoms with Crippen LogP contribution in [0.1, 0.15) is 32.4 Å². The van der Waals surface area contributed by atoms with E-state index in [1.54, 1.807) is 31.1 Å². The highest BCUT2D eigenvalue weighted by Gasteiger charge is 2.28. The molecule has 0 amide bonds. The summed E-state index contributed by atoms with van der Waals surface area (Å²) >= 11 is 1.66. The Labute approximate surface area is 132 Å². The molecule has 0 saturated carbocycles. The van der Waals surface area contributed by atoms with Gasteiger partial charge in [0.1, 0.15) is 4.90 Å². The molecule has 0 radical (unpaired) electrons. The monoisotopic (exact) mass is 333 g/mol. The van der Waals surface area contributed by atoms with E-state index in [1.807, 2.05) is 17.7 Å². The summed E-state index contributed by atoms with van der Waals surface area (Å²) in [5.74, 6) is 0.797. The number of rotatable bonds is 9. The summed E-state index contributed by atoms with van der Waals surface area (Å²) in [5, 5.41) is 0. The van der Waals surface area contributed by atoms with Crippen molar-refractivity contribution in [1.82, 2.24) is 8.87 Å². The summed E-state index contributed by atoms with van der Waals surface area (Å²) in [6, 6.07) is 1.72. The lowest BCUT2D eigenvalue weighted by Crippen LogP contribution is -2.38. The fraction of sp³-hybridized carbons (Fsp3) is 0.714. The highest BCUT2D eigenvalue weighted by molar-refractivity contribution is 7.98. The van der Waals surface area contributed by atoms with Crippen LogP contribution >= 0.6 is 11.8 Å². The standard InChI is InChI=1S/C14H27N3O2S2/c1-5-7-17-10-14(8-13(17)9-15)21(18,19)16(3)12(6-2)11-20-4/h8,10,12H,5-7,9,11,15H2,1-4H3. The summed E-state index contributed by atoms with van der Waals surface area (Å²) in [6.45, 7) is 5.21. The van der Waals surface area contributed by atoms with Crippen molar-refractivity contribution in [2.24, 2.45) is 5.73 Å². The summed E-state index contributed by atoms with van der Waals surface area (Å²) < 4.78 is 28.9. The van der Waals surface area contributed by atoms with Crippen molar-refractivity contribution in [1.29, 1.82) is 0 Å². The quantitative estimate of drug-likeness (QED) is 0.751. The Hall–Kier alpha value is -0.500. The molecule has 2 N–H and O–H groups in total. The average molecular weight is 334 g/mol. The molecule has 0 fully saturated rings. The van der Waals surface area contributed by atoms with Crippen LogP contribution in [0.3, 0.4) is 0 Å². The molecule has 21 heavy (non-hydrogen) atoms. The number of hydrogen-bond acceptors (Lipinski definition) is 4. The van der Waals surface area contributed by atoms with E-state index in [-0.39, 0.29) is 6.04 Å². The van der Waals surface area contributed by atoms with E-state index in [4.69, 9.17) is 5.73 Å². The van der Waals surface area contributed by atoms with Crippen molar-refractivity contribution in [2.45, 2.75) is 50.7 Å². The van der Waals surface area contributed by atoms with Gasteiger partial charge in [0.15, 0.2) is 0 Å². The van der Waals surface area contributed by atoms with E-state index in [0.29, 0.717) is 11.4 Å². The lowest BCUT2D eigenvalue weighted by Gasteiger charge is -2.25. The maximum absolute atomic E-state index is 12.8. The summed E-state index contributed by atoms with van der Waals surface area (Å²) in [6.07, 6.45) is 5.45. The molecule has 1 heterocycles. The minimum atomic E-state index is -3.46. The van der Waals surface area contributed by atoms with Crippen molar-refractivity contribution < 1.29 is 8.42 Å². The molecule has 0 aliphatic carbocycles. The van der Waals surface area contributed by atoms with E-state index in [9.17, 15) is 8.42 Å². The minimum Gasteiger partial charge on any atom is -0.349 e. The zero-order valence-corrected chi connectivity index (χ0v) is 15.0. The van der Waals surface area contributed by atoms with Gasteiger partial charge in [-0.3, -0.25) is 0 Å². The normalized spacial score (nSPS) is 13.8. The Morgan fingerprint density at radius 1 is 1.43 bits per heavy atom. The van der Waals surface area contributed by atoms with Gasteiger partial charge in [0.2, 0.25) is 10.0 Å². The fourth-order valence-corrected chi connectivity index (χ4v) is 4.75. The minimum absolute atomic E-state index is 0.0147. The zero-order chi connectivity index (χ0) is 16.0. The largest absolute Gasteiger partial charge is 0.349 e. The average Bonchev–Trinajstić information content (AvgIpc) is 2.88. The van der Waals surface area contributed by atoms with Crippen molar-refractivity contribution in [2.75, 3.05) is 19.1 Å². The topological polar surface area (TPSA) is 68.3 Å². The van der Waals surface area contributed by atoms with Crippen molar-refractivity contribution in [3.8, 4) is 0 Å². The van der Waals surface area contributed by atoms with Gasteiger partial charge in [-0.15, -0.1) is 0 Å². The first-order valence-electron chi connectivity index (χ1n) is 7.28. The molecule has 0 aliphatic rings. The number of sulfonamides is 1. The molecule has 0 saturated heterocycles. The van der Waals surface area contributed by atoms with Crippen LogP contribution in [0, 0.1) is 0 Å². The molecule has 0 aromatic carbocycles. The van der Waals surface area contributed by atoms with Crippen LogP contribution < -0.4 is 5.73 Å². The molecule has 0 aliphatic heterocycles. The number of hydrogen-bond donors (Lipinski definition) is 1. The van der Waals surface area contributed by atoms with Crippen LogP contribution in [0.5, 0.6) is 0 Å². The van der Waals surface area contributed by atoms with Crippen LogP contribution in [-0.2, 0) is 23.1 Å². The van der Waals surface area contributed by atoms with Gasteiger partial charge in [-0.2, -0.15) is 16.1 Å². The van der Waals surface area contributed by atoms with Gasteiger partial charge in [-0.1, -0.05) is 13.8 Å². The second kappa shape index (κ2) is 8.22. The number of nitrogens with two attached hydrogens (primary N) is 1. The van der Waals surface area contributed by atoms with Crippen molar-refractivity contribution in [3.05, 3.63) is 18.0 Å². The van der Waals surface area contributed by atoms with Crippen LogP contribution in [0.4, 0.5) is 0 Å². The molecule has 0 bridgehead atoms. The van der Waals surface area contributed by atoms with Crippen molar-refractivity contribution >= 4 is 21.8 Å². The van der Waals surface area contributed by atoms with Gasteiger partial charge >= 0.3 is 0 Å². The van der Waals surface area contributed by atoms with E-state index < -0.39 is 10.0 Å². The molecular formula is C14H27N3O2S2. The Morgan fingerprint density at radius 3 is 2.57 bits per heavy atom. The molecule has 1 rings (SSSR count). The maximum Gasteiger partial charge on any atom is 0.244 e. The summed E-state index contributed by atoms with van der Waals surface area (Å²) in [5.41, 5.74) is 6.58. The Morgan fingerprint density at radius 2 is 2.10 bits per heavy atom. The third kappa shape index (κ3) is 4.25. The van der Waals surface area contributed by atoms with Crippen molar-refractivity contribution in [3.63, 3.8) is 0 Å². The molecule has 1 atom stereocenters. The van der Waals surface area contributed by atoms with Crippen LogP contribution in [0.25, 0.3) is 0 Å². The molecule has 1 unspecified atom stereocenters. The van der Waals surface area contributed by atoms with Crippen LogP contribution in [-0.4, -0.2) is 42.4 Å². The highest BCUT2D eigenvalue weighted by atomic mass is 32.2. The van der Waals surface area contributed by atoms with Gasteiger partial charge in [-0.05, 0) is 25.2 Å². The van der Waals surface area contributed by atoms with Gasteiger partial charge in [-0.25, -0.2) is 8.42 Å². The number of aryl methyl sites for hydroxylation is 1. The summed E-state index contributed by atoms with van der Waals surface area (Å²) in [4.78, 5) is 0.346. The molecule has 5 nitrogen and oxygen atoms in total. The Balaban J connectivity index is 3.12. The molecule has 122 valence electrons. The lowest BCUT2D eigenvalue weighted by atomic mass is 10.3. The first-order valence-corrected chi connectivity index (χ1v) is 10.1. The van der Waals surface area contributed by atoms with E-state index in [2.05, 4.69) is 6.92 Å². The maximum atomic E-state index is 12.8. The SMILES string of the molecule is CCCn1cc(S(=O)(=O)N(C)C(CC)CSC)cc1CN. The van der Waals surface area contributed by atoms with Gasteiger partial charge < -0.3 is 10.3 Å². The smallest absolute Gasteiger partial charge is 0.244 e. The fourth-order valence-electron chi connectivity index (χ4n) is 2.32. The molecule has 1 aromatic rings. The third-order valence-electron chi connectivity index (χ3n) is 3.66. The number of thioether (sulfide) groups is 1. The summed E-state index contributed by atoms with van der Waals surface area (Å²) in [7, 11) is -1.79. The molecular weight excluding hydrogens is 306 g/mol. The molecule has 1 aromatic heterocycles. The lowest BCUT2D eigenvalue weighted by molar-refractivity contribution is 0.385.